The van der Waals surface area contributed by atoms with Crippen LogP contribution in [0.5, 0.6) is 17.2 Å². The summed E-state index contributed by atoms with van der Waals surface area (Å²) < 4.78 is 5.86. The maximum absolute atomic E-state index is 14.2. The summed E-state index contributed by atoms with van der Waals surface area (Å²) in [6.45, 7) is 9.85. The number of fused-ring (bicyclic) bond motifs is 3. The fourth-order valence-corrected chi connectivity index (χ4v) is 5.46. The Morgan fingerprint density at radius 3 is 2.41 bits per heavy atom. The van der Waals surface area contributed by atoms with Crippen molar-refractivity contribution in [3.05, 3.63) is 87.3 Å². The molecule has 0 bridgehead atoms. The quantitative estimate of drug-likeness (QED) is 0.188. The number of phenols is 2. The van der Waals surface area contributed by atoms with E-state index in [2.05, 4.69) is 20.5 Å². The number of hydrogen-bond acceptors (Lipinski definition) is 9. The Hall–Kier alpha value is -4.73. The molecule has 0 radical (unpaired) electrons. The largest absolute Gasteiger partial charge is 0.507 e. The van der Waals surface area contributed by atoms with E-state index < -0.39 is 34.6 Å². The molecule has 1 aliphatic carbocycles. The Labute approximate surface area is 237 Å². The molecule has 10 nitrogen and oxygen atoms in total. The molecule has 212 valence electrons. The summed E-state index contributed by atoms with van der Waals surface area (Å²) in [4.78, 5) is 44.7. The number of carbonyl (C=O) groups is 3. The Morgan fingerprint density at radius 2 is 1.80 bits per heavy atom. The number of carbonyl (C=O) groups excluding carboxylic acids is 3. The number of H-pyrrole nitrogens is 1. The van der Waals surface area contributed by atoms with E-state index in [9.17, 15) is 24.6 Å². The normalized spacial score (nSPS) is 19.8. The van der Waals surface area contributed by atoms with Crippen LogP contribution in [-0.2, 0) is 21.4 Å². The molecule has 3 aromatic rings. The molecule has 2 unspecified atom stereocenters. The van der Waals surface area contributed by atoms with Crippen LogP contribution < -0.4 is 10.1 Å². The van der Waals surface area contributed by atoms with Gasteiger partial charge in [0.05, 0.1) is 17.2 Å². The van der Waals surface area contributed by atoms with Crippen molar-refractivity contribution in [2.45, 2.75) is 65.3 Å². The topological polar surface area (TPSA) is 154 Å². The molecule has 0 fully saturated rings. The van der Waals surface area contributed by atoms with Crippen LogP contribution in [-0.4, -0.2) is 42.7 Å². The van der Waals surface area contributed by atoms with Crippen LogP contribution >= 0.6 is 0 Å². The van der Waals surface area contributed by atoms with Crippen molar-refractivity contribution in [3.63, 3.8) is 0 Å². The van der Waals surface area contributed by atoms with Crippen molar-refractivity contribution in [3.8, 4) is 17.2 Å². The number of aromatic hydroxyl groups is 2. The fraction of sp³-hybridized carbons (Fsp3) is 0.323. The number of aromatic nitrogens is 3. The van der Waals surface area contributed by atoms with Crippen LogP contribution in [0.1, 0.15) is 85.3 Å². The Morgan fingerprint density at radius 1 is 1.12 bits per heavy atom. The van der Waals surface area contributed by atoms with E-state index in [1.807, 2.05) is 44.2 Å². The monoisotopic (exact) mass is 556 g/mol. The van der Waals surface area contributed by atoms with E-state index in [4.69, 9.17) is 4.74 Å². The number of benzene rings is 2. The number of Topliss-reactive ketones (excluding diaryl/α,β-unsaturated/α-hetero) is 2. The Kier molecular flexibility index (Phi) is 6.81. The maximum atomic E-state index is 14.2. The van der Waals surface area contributed by atoms with Gasteiger partial charge in [0.25, 0.3) is 0 Å². The Bertz CT molecular complexity index is 1670. The van der Waals surface area contributed by atoms with E-state index in [0.717, 1.165) is 5.56 Å². The molecule has 5 rings (SSSR count). The van der Waals surface area contributed by atoms with Gasteiger partial charge in [-0.3, -0.25) is 19.5 Å². The summed E-state index contributed by atoms with van der Waals surface area (Å²) in [6, 6.07) is 9.28. The highest BCUT2D eigenvalue weighted by atomic mass is 16.5. The molecule has 1 aliphatic heterocycles. The fourth-order valence-electron chi connectivity index (χ4n) is 5.46. The van der Waals surface area contributed by atoms with Gasteiger partial charge in [-0.15, -0.1) is 0 Å². The first-order chi connectivity index (χ1) is 19.4. The zero-order valence-electron chi connectivity index (χ0n) is 23.7. The van der Waals surface area contributed by atoms with Crippen molar-refractivity contribution < 1.29 is 29.3 Å². The van der Waals surface area contributed by atoms with Crippen LogP contribution in [0.3, 0.4) is 0 Å². The summed E-state index contributed by atoms with van der Waals surface area (Å²) in [6.07, 6.45) is 1.70. The molecule has 1 aromatic heterocycles. The third kappa shape index (κ3) is 4.39. The number of aromatic amines is 1. The van der Waals surface area contributed by atoms with Gasteiger partial charge in [-0.25, -0.2) is 4.98 Å². The van der Waals surface area contributed by atoms with Crippen LogP contribution in [0.15, 0.2) is 53.4 Å². The first-order valence-electron chi connectivity index (χ1n) is 13.4. The van der Waals surface area contributed by atoms with Gasteiger partial charge in [-0.05, 0) is 39.7 Å². The lowest BCUT2D eigenvalue weighted by Crippen LogP contribution is -2.41. The minimum Gasteiger partial charge on any atom is -0.507 e. The molecule has 0 spiro atoms. The van der Waals surface area contributed by atoms with E-state index in [0.29, 0.717) is 23.8 Å². The molecular weight excluding hydrogens is 524 g/mol. The van der Waals surface area contributed by atoms with Crippen LogP contribution in [0.25, 0.3) is 0 Å². The van der Waals surface area contributed by atoms with Gasteiger partial charge in [0.1, 0.15) is 39.8 Å². The van der Waals surface area contributed by atoms with E-state index in [-0.39, 0.29) is 45.4 Å². The third-order valence-electron chi connectivity index (χ3n) is 7.80. The van der Waals surface area contributed by atoms with Crippen molar-refractivity contribution in [2.75, 3.05) is 0 Å². The number of allylic oxidation sites excluding steroid dienone is 4. The SMILES string of the molecule is CC(=O)c1c(O)c(C)c(O)c2c1OC1=CC(=O)/C(=C(/C)NC(Cc3ccccc3)c3nc(C(C)C)n[nH]3)C(=O)C12C. The molecule has 0 saturated heterocycles. The standard InChI is InChI=1S/C31H32N4O6/c1-14(2)29-33-30(35-34-29)19(12-18-10-8-7-9-11-18)32-16(4)22-20(37)13-21-31(6,28(22)40)24-26(39)15(3)25(38)23(17(5)36)27(24)41-21/h7-11,13-14,19,32,38-39H,12H2,1-6H3,(H,33,34,35)/b22-16+. The second-order valence-electron chi connectivity index (χ2n) is 11.0. The van der Waals surface area contributed by atoms with Gasteiger partial charge in [-0.1, -0.05) is 44.2 Å². The van der Waals surface area contributed by atoms with Gasteiger partial charge in [0.15, 0.2) is 23.2 Å². The summed E-state index contributed by atoms with van der Waals surface area (Å²) >= 11 is 0. The van der Waals surface area contributed by atoms with E-state index in [1.165, 1.54) is 19.9 Å². The number of nitrogens with zero attached hydrogens (tertiary/aromatic N) is 2. The molecular formula is C31H32N4O6. The lowest BCUT2D eigenvalue weighted by atomic mass is 9.70. The number of phenolic OH excluding ortho intramolecular Hbond substituents is 2. The van der Waals surface area contributed by atoms with Gasteiger partial charge in [0, 0.05) is 23.3 Å². The van der Waals surface area contributed by atoms with Crippen LogP contribution in [0, 0.1) is 6.92 Å². The van der Waals surface area contributed by atoms with E-state index in [1.54, 1.807) is 13.8 Å². The molecule has 0 amide bonds. The van der Waals surface area contributed by atoms with Gasteiger partial charge < -0.3 is 20.3 Å². The van der Waals surface area contributed by atoms with Crippen molar-refractivity contribution in [1.82, 2.24) is 20.5 Å². The Balaban J connectivity index is 1.60. The second kappa shape index (κ2) is 10.0. The molecule has 2 atom stereocenters. The molecule has 4 N–H and O–H groups in total. The summed E-state index contributed by atoms with van der Waals surface area (Å²) in [5, 5.41) is 32.3. The summed E-state index contributed by atoms with van der Waals surface area (Å²) in [5.74, 6) is -1.32. The first kappa shape index (κ1) is 27.8. The average molecular weight is 557 g/mol. The van der Waals surface area contributed by atoms with Crippen LogP contribution in [0.2, 0.25) is 0 Å². The smallest absolute Gasteiger partial charge is 0.194 e. The van der Waals surface area contributed by atoms with Gasteiger partial charge in [0.2, 0.25) is 0 Å². The van der Waals surface area contributed by atoms with Gasteiger partial charge in [-0.2, -0.15) is 5.10 Å². The summed E-state index contributed by atoms with van der Waals surface area (Å²) in [7, 11) is 0. The predicted octanol–water partition coefficient (Wildman–Crippen LogP) is 4.38. The highest BCUT2D eigenvalue weighted by Crippen LogP contribution is 2.57. The zero-order valence-corrected chi connectivity index (χ0v) is 23.7. The lowest BCUT2D eigenvalue weighted by Gasteiger charge is -2.29. The molecule has 0 saturated carbocycles. The molecule has 2 aromatic carbocycles. The molecule has 2 heterocycles. The van der Waals surface area contributed by atoms with E-state index >= 15 is 0 Å². The number of hydrogen-bond donors (Lipinski definition) is 4. The molecule has 2 aliphatic rings. The average Bonchev–Trinajstić information content (AvgIpc) is 3.52. The second-order valence-corrected chi connectivity index (χ2v) is 11.0. The van der Waals surface area contributed by atoms with Crippen molar-refractivity contribution >= 4 is 17.3 Å². The highest BCUT2D eigenvalue weighted by molar-refractivity contribution is 6.31. The highest BCUT2D eigenvalue weighted by Gasteiger charge is 2.56. The first-order valence-corrected chi connectivity index (χ1v) is 13.4. The lowest BCUT2D eigenvalue weighted by molar-refractivity contribution is -0.123. The maximum Gasteiger partial charge on any atom is 0.194 e. The minimum absolute atomic E-state index is 0.0144. The van der Waals surface area contributed by atoms with Crippen molar-refractivity contribution in [2.24, 2.45) is 0 Å². The number of nitrogens with one attached hydrogen (secondary N) is 2. The third-order valence-corrected chi connectivity index (χ3v) is 7.80. The van der Waals surface area contributed by atoms with Crippen LogP contribution in [0.4, 0.5) is 0 Å². The predicted molar refractivity (Wildman–Crippen MR) is 150 cm³/mol. The molecule has 10 heteroatoms. The number of ether oxygens (including phenoxy) is 1. The molecule has 41 heavy (non-hydrogen) atoms. The zero-order chi connectivity index (χ0) is 29.8. The number of rotatable bonds is 7. The number of ketones is 3. The van der Waals surface area contributed by atoms with Crippen molar-refractivity contribution in [1.29, 1.82) is 0 Å². The van der Waals surface area contributed by atoms with Gasteiger partial charge >= 0.3 is 0 Å². The minimum atomic E-state index is -1.60. The summed E-state index contributed by atoms with van der Waals surface area (Å²) in [5.41, 5.74) is -0.444.